The van der Waals surface area contributed by atoms with Crippen LogP contribution in [0.2, 0.25) is 0 Å². The topological polar surface area (TPSA) is 12.0 Å². The lowest BCUT2D eigenvalue weighted by atomic mass is 9.90. The Morgan fingerprint density at radius 3 is 2.24 bits per heavy atom. The van der Waals surface area contributed by atoms with Gasteiger partial charge in [-0.15, -0.1) is 0 Å². The highest BCUT2D eigenvalue weighted by molar-refractivity contribution is 4.73. The van der Waals surface area contributed by atoms with Gasteiger partial charge in [-0.2, -0.15) is 0 Å². The molecule has 0 heterocycles. The first-order valence-electron chi connectivity index (χ1n) is 7.97. The SMILES string of the molecule is CCCNC(CCC1CCCCCC1)C(C)C. The molecule has 0 aliphatic heterocycles. The number of rotatable bonds is 7. The molecule has 0 saturated heterocycles. The van der Waals surface area contributed by atoms with E-state index in [4.69, 9.17) is 0 Å². The quantitative estimate of drug-likeness (QED) is 0.632. The molecular weight excluding hydrogens is 206 g/mol. The fraction of sp³-hybridized carbons (Fsp3) is 1.00. The average molecular weight is 239 g/mol. The maximum absolute atomic E-state index is 3.72. The Balaban J connectivity index is 2.24. The van der Waals surface area contributed by atoms with Crippen LogP contribution in [0.4, 0.5) is 0 Å². The van der Waals surface area contributed by atoms with Gasteiger partial charge in [0.1, 0.15) is 0 Å². The molecule has 1 rings (SSSR count). The van der Waals surface area contributed by atoms with Gasteiger partial charge in [-0.05, 0) is 37.6 Å². The minimum atomic E-state index is 0.748. The molecule has 102 valence electrons. The summed E-state index contributed by atoms with van der Waals surface area (Å²) in [6.07, 6.45) is 13.0. The summed E-state index contributed by atoms with van der Waals surface area (Å²) in [5.41, 5.74) is 0. The van der Waals surface area contributed by atoms with Gasteiger partial charge in [-0.3, -0.25) is 0 Å². The summed E-state index contributed by atoms with van der Waals surface area (Å²) in [6, 6.07) is 0.748. The molecular formula is C16H33N. The summed E-state index contributed by atoms with van der Waals surface area (Å²) in [4.78, 5) is 0. The van der Waals surface area contributed by atoms with Crippen molar-refractivity contribution in [3.05, 3.63) is 0 Å². The van der Waals surface area contributed by atoms with Gasteiger partial charge in [0.25, 0.3) is 0 Å². The molecule has 1 nitrogen and oxygen atoms in total. The van der Waals surface area contributed by atoms with Gasteiger partial charge in [-0.25, -0.2) is 0 Å². The Morgan fingerprint density at radius 2 is 1.71 bits per heavy atom. The van der Waals surface area contributed by atoms with Crippen molar-refractivity contribution in [3.8, 4) is 0 Å². The molecule has 0 spiro atoms. The average Bonchev–Trinajstić information content (AvgIpc) is 2.57. The van der Waals surface area contributed by atoms with Gasteiger partial charge in [0, 0.05) is 6.04 Å². The lowest BCUT2D eigenvalue weighted by molar-refractivity contribution is 0.324. The summed E-state index contributed by atoms with van der Waals surface area (Å²) in [6.45, 7) is 8.17. The highest BCUT2D eigenvalue weighted by Crippen LogP contribution is 2.27. The van der Waals surface area contributed by atoms with Crippen LogP contribution in [-0.2, 0) is 0 Å². The molecule has 1 heteroatoms. The molecule has 1 aliphatic rings. The standard InChI is InChI=1S/C16H33N/c1-4-13-17-16(14(2)3)12-11-15-9-7-5-6-8-10-15/h14-17H,4-13H2,1-3H3. The molecule has 1 N–H and O–H groups in total. The smallest absolute Gasteiger partial charge is 0.00901 e. The van der Waals surface area contributed by atoms with E-state index in [0.717, 1.165) is 17.9 Å². The van der Waals surface area contributed by atoms with Crippen molar-refractivity contribution in [2.75, 3.05) is 6.54 Å². The molecule has 0 amide bonds. The molecule has 0 bridgehead atoms. The lowest BCUT2D eigenvalue weighted by Crippen LogP contribution is -2.34. The van der Waals surface area contributed by atoms with Crippen molar-refractivity contribution < 1.29 is 0 Å². The number of hydrogen-bond acceptors (Lipinski definition) is 1. The van der Waals surface area contributed by atoms with Gasteiger partial charge in [0.2, 0.25) is 0 Å². The van der Waals surface area contributed by atoms with Crippen molar-refractivity contribution in [2.45, 2.75) is 84.6 Å². The van der Waals surface area contributed by atoms with E-state index in [1.807, 2.05) is 0 Å². The fourth-order valence-corrected chi connectivity index (χ4v) is 3.07. The van der Waals surface area contributed by atoms with Crippen molar-refractivity contribution >= 4 is 0 Å². The molecule has 1 unspecified atom stereocenters. The van der Waals surface area contributed by atoms with Gasteiger partial charge in [0.15, 0.2) is 0 Å². The summed E-state index contributed by atoms with van der Waals surface area (Å²) >= 11 is 0. The van der Waals surface area contributed by atoms with Crippen LogP contribution >= 0.6 is 0 Å². The van der Waals surface area contributed by atoms with Gasteiger partial charge >= 0.3 is 0 Å². The van der Waals surface area contributed by atoms with E-state index < -0.39 is 0 Å². The highest BCUT2D eigenvalue weighted by atomic mass is 14.9. The second-order valence-corrected chi connectivity index (χ2v) is 6.24. The first-order chi connectivity index (χ1) is 8.24. The third-order valence-corrected chi connectivity index (χ3v) is 4.32. The van der Waals surface area contributed by atoms with E-state index in [-0.39, 0.29) is 0 Å². The Hall–Kier alpha value is -0.0400. The van der Waals surface area contributed by atoms with Crippen molar-refractivity contribution in [2.24, 2.45) is 11.8 Å². The minimum Gasteiger partial charge on any atom is -0.314 e. The first-order valence-corrected chi connectivity index (χ1v) is 7.97. The van der Waals surface area contributed by atoms with Crippen LogP contribution in [0.15, 0.2) is 0 Å². The van der Waals surface area contributed by atoms with E-state index in [2.05, 4.69) is 26.1 Å². The summed E-state index contributed by atoms with van der Waals surface area (Å²) in [5, 5.41) is 3.72. The molecule has 0 aromatic rings. The van der Waals surface area contributed by atoms with Crippen LogP contribution in [0.25, 0.3) is 0 Å². The Morgan fingerprint density at radius 1 is 1.06 bits per heavy atom. The van der Waals surface area contributed by atoms with Gasteiger partial charge in [-0.1, -0.05) is 59.3 Å². The second kappa shape index (κ2) is 8.97. The Labute approximate surface area is 109 Å². The first kappa shape index (κ1) is 15.0. The molecule has 0 aromatic heterocycles. The largest absolute Gasteiger partial charge is 0.314 e. The number of nitrogens with one attached hydrogen (secondary N) is 1. The minimum absolute atomic E-state index is 0.748. The molecule has 17 heavy (non-hydrogen) atoms. The zero-order chi connectivity index (χ0) is 12.5. The van der Waals surface area contributed by atoms with Crippen LogP contribution < -0.4 is 5.32 Å². The van der Waals surface area contributed by atoms with E-state index in [0.29, 0.717) is 0 Å². The van der Waals surface area contributed by atoms with E-state index in [1.165, 1.54) is 64.3 Å². The van der Waals surface area contributed by atoms with Gasteiger partial charge in [0.05, 0.1) is 0 Å². The van der Waals surface area contributed by atoms with Crippen LogP contribution in [0.3, 0.4) is 0 Å². The highest BCUT2D eigenvalue weighted by Gasteiger charge is 2.17. The third kappa shape index (κ3) is 6.45. The lowest BCUT2D eigenvalue weighted by Gasteiger charge is -2.24. The summed E-state index contributed by atoms with van der Waals surface area (Å²) < 4.78 is 0. The zero-order valence-electron chi connectivity index (χ0n) is 12.3. The molecule has 1 fully saturated rings. The predicted molar refractivity (Wildman–Crippen MR) is 77.3 cm³/mol. The normalized spacial score (nSPS) is 20.5. The van der Waals surface area contributed by atoms with Crippen LogP contribution in [0.5, 0.6) is 0 Å². The molecule has 1 saturated carbocycles. The van der Waals surface area contributed by atoms with Crippen LogP contribution in [-0.4, -0.2) is 12.6 Å². The Bertz CT molecular complexity index is 168. The van der Waals surface area contributed by atoms with Crippen molar-refractivity contribution in [1.82, 2.24) is 5.32 Å². The molecule has 1 aliphatic carbocycles. The summed E-state index contributed by atoms with van der Waals surface area (Å²) in [5.74, 6) is 1.81. The van der Waals surface area contributed by atoms with E-state index in [9.17, 15) is 0 Å². The van der Waals surface area contributed by atoms with Crippen molar-refractivity contribution in [3.63, 3.8) is 0 Å². The summed E-state index contributed by atoms with van der Waals surface area (Å²) in [7, 11) is 0. The van der Waals surface area contributed by atoms with E-state index in [1.54, 1.807) is 0 Å². The monoisotopic (exact) mass is 239 g/mol. The third-order valence-electron chi connectivity index (χ3n) is 4.32. The van der Waals surface area contributed by atoms with Crippen LogP contribution in [0.1, 0.15) is 78.6 Å². The zero-order valence-corrected chi connectivity index (χ0v) is 12.3. The second-order valence-electron chi connectivity index (χ2n) is 6.24. The van der Waals surface area contributed by atoms with Crippen LogP contribution in [0, 0.1) is 11.8 Å². The maximum atomic E-state index is 3.72. The number of hydrogen-bond donors (Lipinski definition) is 1. The maximum Gasteiger partial charge on any atom is 0.00901 e. The molecule has 0 radical (unpaired) electrons. The molecule has 1 atom stereocenters. The molecule has 0 aromatic carbocycles. The fourth-order valence-electron chi connectivity index (χ4n) is 3.07. The van der Waals surface area contributed by atoms with Gasteiger partial charge < -0.3 is 5.32 Å². The predicted octanol–water partition coefficient (Wildman–Crippen LogP) is 4.76. The van der Waals surface area contributed by atoms with Crippen molar-refractivity contribution in [1.29, 1.82) is 0 Å². The van der Waals surface area contributed by atoms with E-state index >= 15 is 0 Å². The Kier molecular flexibility index (Phi) is 7.92.